The molecule has 3 aromatic rings. The van der Waals surface area contributed by atoms with Gasteiger partial charge in [0, 0.05) is 12.2 Å². The van der Waals surface area contributed by atoms with Gasteiger partial charge in [-0.05, 0) is 61.1 Å². The van der Waals surface area contributed by atoms with Crippen molar-refractivity contribution in [2.24, 2.45) is 11.8 Å². The molecule has 2 unspecified atom stereocenters. The van der Waals surface area contributed by atoms with E-state index >= 15 is 4.79 Å². The topological polar surface area (TPSA) is 96.4 Å². The van der Waals surface area contributed by atoms with E-state index in [0.717, 1.165) is 16.3 Å². The minimum absolute atomic E-state index is 0.150. The number of rotatable bonds is 12. The van der Waals surface area contributed by atoms with Crippen LogP contribution in [-0.4, -0.2) is 70.8 Å². The lowest BCUT2D eigenvalue weighted by molar-refractivity contribution is -0.160. The average molecular weight is 609 g/mol. The predicted octanol–water partition coefficient (Wildman–Crippen LogP) is 4.85. The van der Waals surface area contributed by atoms with Gasteiger partial charge >= 0.3 is 5.97 Å². The Kier molecular flexibility index (Phi) is 8.37. The van der Waals surface area contributed by atoms with E-state index in [1.54, 1.807) is 17.1 Å². The zero-order valence-electron chi connectivity index (χ0n) is 25.6. The van der Waals surface area contributed by atoms with Gasteiger partial charge in [0.05, 0.1) is 30.8 Å². The second kappa shape index (κ2) is 12.3. The number of hydrogen-bond donors (Lipinski definition) is 1. The van der Waals surface area contributed by atoms with E-state index in [1.165, 1.54) is 4.90 Å². The SMILES string of the molecule is C=CCCOC(=O)[C@@H]1[C@H]2C(=O)N([C@@H](CO)Cc3ccccc3)C(C(=O)N(CC=C)c3ccc4ccccc4c3)C23CC[C@@]1(C)O3. The van der Waals surface area contributed by atoms with Crippen molar-refractivity contribution < 1.29 is 29.0 Å². The van der Waals surface area contributed by atoms with E-state index in [0.29, 0.717) is 31.4 Å². The highest BCUT2D eigenvalue weighted by Gasteiger charge is 2.79. The first-order chi connectivity index (χ1) is 21.8. The standard InChI is InChI=1S/C37H40N2O6/c1-4-6-21-44-35(43)31-30-33(41)39(29(24-40)22-25-12-8-7-9-13-25)32(37(30)19-18-36(31,3)45-37)34(42)38(20-5-2)28-17-16-26-14-10-11-15-27(26)23-28/h4-5,7-17,23,29-32,40H,1-2,6,18-22,24H2,3H3/t29-,30+,31+,32?,36-,37?/m1/s1. The number of nitrogens with zero attached hydrogens (tertiary/aromatic N) is 2. The molecule has 8 heteroatoms. The van der Waals surface area contributed by atoms with E-state index in [4.69, 9.17) is 9.47 Å². The third kappa shape index (κ3) is 5.16. The molecule has 1 N–H and O–H groups in total. The number of fused-ring (bicyclic) bond motifs is 2. The van der Waals surface area contributed by atoms with Gasteiger partial charge in [-0.2, -0.15) is 0 Å². The van der Waals surface area contributed by atoms with E-state index in [9.17, 15) is 14.7 Å². The van der Waals surface area contributed by atoms with Gasteiger partial charge in [-0.25, -0.2) is 0 Å². The number of carbonyl (C=O) groups excluding carboxylic acids is 3. The Morgan fingerprint density at radius 1 is 1.07 bits per heavy atom. The van der Waals surface area contributed by atoms with Crippen LogP contribution >= 0.6 is 0 Å². The first-order valence-corrected chi connectivity index (χ1v) is 15.6. The van der Waals surface area contributed by atoms with Gasteiger partial charge in [0.15, 0.2) is 0 Å². The van der Waals surface area contributed by atoms with Gasteiger partial charge in [-0.1, -0.05) is 72.8 Å². The van der Waals surface area contributed by atoms with Crippen molar-refractivity contribution in [3.8, 4) is 0 Å². The monoisotopic (exact) mass is 608 g/mol. The van der Waals surface area contributed by atoms with Gasteiger partial charge in [0.25, 0.3) is 5.91 Å². The molecule has 3 heterocycles. The number of benzene rings is 3. The van der Waals surface area contributed by atoms with E-state index < -0.39 is 41.1 Å². The van der Waals surface area contributed by atoms with Crippen LogP contribution in [0.3, 0.4) is 0 Å². The summed E-state index contributed by atoms with van der Waals surface area (Å²) in [4.78, 5) is 46.5. The maximum absolute atomic E-state index is 15.0. The number of carbonyl (C=O) groups is 3. The fourth-order valence-corrected chi connectivity index (χ4v) is 7.81. The van der Waals surface area contributed by atoms with Crippen LogP contribution in [0, 0.1) is 11.8 Å². The zero-order valence-corrected chi connectivity index (χ0v) is 25.6. The molecule has 0 radical (unpaired) electrons. The highest BCUT2D eigenvalue weighted by molar-refractivity contribution is 6.05. The van der Waals surface area contributed by atoms with Crippen molar-refractivity contribution >= 4 is 34.2 Å². The molecule has 3 saturated heterocycles. The summed E-state index contributed by atoms with van der Waals surface area (Å²) in [6.45, 7) is 9.44. The predicted molar refractivity (Wildman–Crippen MR) is 172 cm³/mol. The summed E-state index contributed by atoms with van der Waals surface area (Å²) in [6, 6.07) is 21.5. The molecule has 3 aromatic carbocycles. The molecule has 2 amide bonds. The van der Waals surface area contributed by atoms with Crippen LogP contribution in [0.15, 0.2) is 98.1 Å². The molecule has 0 saturated carbocycles. The van der Waals surface area contributed by atoms with Crippen molar-refractivity contribution in [3.05, 3.63) is 104 Å². The smallest absolute Gasteiger partial charge is 0.312 e. The van der Waals surface area contributed by atoms with Crippen molar-refractivity contribution in [1.82, 2.24) is 4.90 Å². The maximum atomic E-state index is 15.0. The van der Waals surface area contributed by atoms with Crippen molar-refractivity contribution in [3.63, 3.8) is 0 Å². The van der Waals surface area contributed by atoms with Gasteiger partial charge in [0.1, 0.15) is 17.6 Å². The first-order valence-electron chi connectivity index (χ1n) is 15.6. The second-order valence-electron chi connectivity index (χ2n) is 12.5. The number of anilines is 1. The molecule has 0 aliphatic carbocycles. The van der Waals surface area contributed by atoms with Crippen LogP contribution in [0.2, 0.25) is 0 Å². The molecular formula is C37H40N2O6. The van der Waals surface area contributed by atoms with Crippen LogP contribution in [0.1, 0.15) is 31.7 Å². The summed E-state index contributed by atoms with van der Waals surface area (Å²) < 4.78 is 12.4. The van der Waals surface area contributed by atoms with Crippen molar-refractivity contribution in [1.29, 1.82) is 0 Å². The van der Waals surface area contributed by atoms with Gasteiger partial charge in [-0.15, -0.1) is 13.2 Å². The van der Waals surface area contributed by atoms with E-state index in [-0.39, 0.29) is 31.6 Å². The Hall–Kier alpha value is -4.27. The molecule has 6 atom stereocenters. The fourth-order valence-electron chi connectivity index (χ4n) is 7.81. The van der Waals surface area contributed by atoms with Crippen molar-refractivity contribution in [2.45, 2.75) is 55.9 Å². The lowest BCUT2D eigenvalue weighted by Gasteiger charge is -2.39. The lowest BCUT2D eigenvalue weighted by Crippen LogP contribution is -2.59. The van der Waals surface area contributed by atoms with Gasteiger partial charge in [0.2, 0.25) is 5.91 Å². The summed E-state index contributed by atoms with van der Waals surface area (Å²) in [7, 11) is 0. The van der Waals surface area contributed by atoms with Gasteiger partial charge < -0.3 is 24.4 Å². The summed E-state index contributed by atoms with van der Waals surface area (Å²) in [5, 5.41) is 12.8. The lowest BCUT2D eigenvalue weighted by atomic mass is 9.66. The minimum atomic E-state index is -1.26. The summed E-state index contributed by atoms with van der Waals surface area (Å²) in [6.07, 6.45) is 5.06. The second-order valence-corrected chi connectivity index (χ2v) is 12.5. The number of likely N-dealkylation sites (tertiary alicyclic amines) is 1. The first kappa shape index (κ1) is 30.7. The molecule has 6 rings (SSSR count). The third-order valence-corrected chi connectivity index (χ3v) is 9.81. The number of ether oxygens (including phenoxy) is 2. The quantitative estimate of drug-likeness (QED) is 0.180. The number of amides is 2. The van der Waals surface area contributed by atoms with E-state index in [2.05, 4.69) is 13.2 Å². The summed E-state index contributed by atoms with van der Waals surface area (Å²) in [5.41, 5.74) is -0.643. The Balaban J connectivity index is 1.45. The molecule has 0 aromatic heterocycles. The Morgan fingerprint density at radius 2 is 1.80 bits per heavy atom. The average Bonchev–Trinajstić information content (AvgIpc) is 3.63. The van der Waals surface area contributed by atoms with E-state index in [1.807, 2.05) is 79.7 Å². The zero-order chi connectivity index (χ0) is 31.8. The normalized spacial score (nSPS) is 27.3. The molecule has 234 valence electrons. The third-order valence-electron chi connectivity index (χ3n) is 9.81. The number of aliphatic hydroxyl groups is 1. The number of esters is 1. The van der Waals surface area contributed by atoms with Crippen LogP contribution in [-0.2, 0) is 30.3 Å². The molecule has 3 aliphatic rings. The highest BCUT2D eigenvalue weighted by Crippen LogP contribution is 2.64. The Bertz CT molecular complexity index is 1620. The number of hydrogen-bond acceptors (Lipinski definition) is 6. The molecular weight excluding hydrogens is 568 g/mol. The largest absolute Gasteiger partial charge is 0.465 e. The molecule has 45 heavy (non-hydrogen) atoms. The molecule has 3 aliphatic heterocycles. The van der Waals surface area contributed by atoms with Crippen LogP contribution in [0.5, 0.6) is 0 Å². The van der Waals surface area contributed by atoms with Crippen LogP contribution in [0.25, 0.3) is 10.8 Å². The summed E-state index contributed by atoms with van der Waals surface area (Å²) in [5.74, 6) is -3.01. The summed E-state index contributed by atoms with van der Waals surface area (Å²) >= 11 is 0. The van der Waals surface area contributed by atoms with Crippen molar-refractivity contribution in [2.75, 3.05) is 24.7 Å². The number of aliphatic hydroxyl groups excluding tert-OH is 1. The molecule has 2 bridgehead atoms. The maximum Gasteiger partial charge on any atom is 0.312 e. The molecule has 8 nitrogen and oxygen atoms in total. The highest BCUT2D eigenvalue weighted by atomic mass is 16.6. The van der Waals surface area contributed by atoms with Crippen LogP contribution < -0.4 is 4.90 Å². The van der Waals surface area contributed by atoms with Gasteiger partial charge in [-0.3, -0.25) is 14.4 Å². The minimum Gasteiger partial charge on any atom is -0.465 e. The fraction of sp³-hybridized carbons (Fsp3) is 0.378. The molecule has 3 fully saturated rings. The molecule has 1 spiro atoms. The Morgan fingerprint density at radius 3 is 2.51 bits per heavy atom. The van der Waals surface area contributed by atoms with Crippen LogP contribution in [0.4, 0.5) is 5.69 Å². The Labute approximate surface area is 263 Å².